The Labute approximate surface area is 252 Å². The molecule has 0 saturated carbocycles. The molecule has 0 bridgehead atoms. The van der Waals surface area contributed by atoms with Crippen LogP contribution in [0, 0.1) is 5.82 Å². The van der Waals surface area contributed by atoms with Crippen molar-refractivity contribution in [2.45, 2.75) is 38.8 Å². The number of aromatic nitrogens is 4. The van der Waals surface area contributed by atoms with Gasteiger partial charge in [0.25, 0.3) is 0 Å². The molecule has 222 valence electrons. The van der Waals surface area contributed by atoms with Crippen LogP contribution in [0.15, 0.2) is 82.3 Å². The maximum atomic E-state index is 14.3. The van der Waals surface area contributed by atoms with Crippen LogP contribution < -0.4 is 11.4 Å². The molecule has 10 heteroatoms. The average Bonchev–Trinajstić information content (AvgIpc) is 3.42. The van der Waals surface area contributed by atoms with Gasteiger partial charge < -0.3 is 15.3 Å². The average molecular weight is 591 g/mol. The van der Waals surface area contributed by atoms with Gasteiger partial charge in [0, 0.05) is 29.1 Å². The minimum absolute atomic E-state index is 0.151. The van der Waals surface area contributed by atoms with Crippen LogP contribution in [-0.2, 0) is 6.54 Å². The minimum atomic E-state index is -0.638. The summed E-state index contributed by atoms with van der Waals surface area (Å²) in [4.78, 5) is 24.4. The fourth-order valence-electron chi connectivity index (χ4n) is 6.30. The second-order valence-electron chi connectivity index (χ2n) is 11.3. The van der Waals surface area contributed by atoms with Crippen molar-refractivity contribution in [3.8, 4) is 28.1 Å². The van der Waals surface area contributed by atoms with Crippen LogP contribution >= 0.6 is 0 Å². The van der Waals surface area contributed by atoms with E-state index in [2.05, 4.69) is 27.0 Å². The molecule has 3 aromatic carbocycles. The summed E-state index contributed by atoms with van der Waals surface area (Å²) in [6.45, 7) is 4.87. The first-order valence-corrected chi connectivity index (χ1v) is 14.7. The summed E-state index contributed by atoms with van der Waals surface area (Å²) in [6, 6.07) is 18.8. The monoisotopic (exact) mass is 590 g/mol. The molecule has 7 rings (SSSR count). The lowest BCUT2D eigenvalue weighted by atomic mass is 9.94. The molecule has 1 saturated heterocycles. The van der Waals surface area contributed by atoms with Gasteiger partial charge in [0.1, 0.15) is 41.2 Å². The van der Waals surface area contributed by atoms with Crippen LogP contribution in [0.1, 0.15) is 43.6 Å². The zero-order chi connectivity index (χ0) is 30.4. The van der Waals surface area contributed by atoms with Gasteiger partial charge in [-0.05, 0) is 68.2 Å². The van der Waals surface area contributed by atoms with Gasteiger partial charge in [0.05, 0.1) is 10.8 Å². The largest absolute Gasteiger partial charge is 0.508 e. The molecule has 1 aliphatic rings. The minimum Gasteiger partial charge on any atom is -0.508 e. The molecule has 4 heterocycles. The second kappa shape index (κ2) is 11.2. The maximum Gasteiger partial charge on any atom is 0.343 e. The summed E-state index contributed by atoms with van der Waals surface area (Å²) in [6.07, 6.45) is 5.02. The normalized spacial score (nSPS) is 14.8. The van der Waals surface area contributed by atoms with Gasteiger partial charge in [-0.3, -0.25) is 4.90 Å². The highest BCUT2D eigenvalue weighted by molar-refractivity contribution is 5.99. The van der Waals surface area contributed by atoms with Crippen LogP contribution in [0.4, 0.5) is 10.2 Å². The first-order valence-electron chi connectivity index (χ1n) is 14.7. The SMILES string of the molecule is CC(c1oc(=O)c2ccccc2c1-c1cccc(CN2CCCCC2)c1)n1nc(-c2cc(O)cc(F)c2)c2c(N)ncnc21. The summed E-state index contributed by atoms with van der Waals surface area (Å²) in [5, 5.41) is 16.6. The van der Waals surface area contributed by atoms with Crippen molar-refractivity contribution in [3.63, 3.8) is 0 Å². The number of hydrogen-bond acceptors (Lipinski definition) is 8. The van der Waals surface area contributed by atoms with Crippen LogP contribution in [-0.4, -0.2) is 42.8 Å². The van der Waals surface area contributed by atoms with Gasteiger partial charge >= 0.3 is 5.63 Å². The predicted octanol–water partition coefficient (Wildman–Crippen LogP) is 6.29. The Balaban J connectivity index is 1.42. The van der Waals surface area contributed by atoms with E-state index in [1.54, 1.807) is 10.7 Å². The number of phenols is 1. The number of nitrogens with two attached hydrogens (primary N) is 1. The number of rotatable bonds is 6. The Hall–Kier alpha value is -5.09. The van der Waals surface area contributed by atoms with E-state index in [1.807, 2.05) is 37.3 Å². The molecule has 1 unspecified atom stereocenters. The van der Waals surface area contributed by atoms with Crippen LogP contribution in [0.5, 0.6) is 5.75 Å². The van der Waals surface area contributed by atoms with E-state index in [0.717, 1.165) is 42.2 Å². The van der Waals surface area contributed by atoms with E-state index in [-0.39, 0.29) is 11.6 Å². The Morgan fingerprint density at radius 1 is 0.977 bits per heavy atom. The fraction of sp³-hybridized carbons (Fsp3) is 0.235. The van der Waals surface area contributed by atoms with Crippen molar-refractivity contribution in [1.82, 2.24) is 24.6 Å². The third-order valence-corrected chi connectivity index (χ3v) is 8.36. The predicted molar refractivity (Wildman–Crippen MR) is 168 cm³/mol. The quantitative estimate of drug-likeness (QED) is 0.232. The number of nitrogen functional groups attached to an aromatic ring is 1. The smallest absolute Gasteiger partial charge is 0.343 e. The zero-order valence-electron chi connectivity index (χ0n) is 24.2. The molecule has 44 heavy (non-hydrogen) atoms. The lowest BCUT2D eigenvalue weighted by Gasteiger charge is -2.26. The van der Waals surface area contributed by atoms with E-state index in [4.69, 9.17) is 15.2 Å². The number of likely N-dealkylation sites (tertiary alicyclic amines) is 1. The van der Waals surface area contributed by atoms with Gasteiger partial charge in [-0.15, -0.1) is 0 Å². The first-order chi connectivity index (χ1) is 21.4. The first kappa shape index (κ1) is 27.7. The lowest BCUT2D eigenvalue weighted by molar-refractivity contribution is 0.221. The number of anilines is 1. The Bertz CT molecular complexity index is 2060. The van der Waals surface area contributed by atoms with Crippen molar-refractivity contribution in [2.75, 3.05) is 18.8 Å². The number of benzene rings is 3. The molecule has 1 fully saturated rings. The van der Waals surface area contributed by atoms with Gasteiger partial charge in [0.15, 0.2) is 5.65 Å². The third kappa shape index (κ3) is 4.97. The standard InChI is InChI=1S/C34H31FN6O3/c1-20(41-33-29(32(36)37-19-38-33)30(39-41)23-15-24(35)17-25(42)16-23)31-28(26-10-3-4-11-27(26)34(43)44-31)22-9-7-8-21(14-22)18-40-12-5-2-6-13-40/h3-4,7-11,14-17,19-20,42H,2,5-6,12-13,18H2,1H3,(H2,36,37,38). The summed E-state index contributed by atoms with van der Waals surface area (Å²) in [7, 11) is 0. The lowest BCUT2D eigenvalue weighted by Crippen LogP contribution is -2.29. The van der Waals surface area contributed by atoms with E-state index in [0.29, 0.717) is 33.4 Å². The fourth-order valence-corrected chi connectivity index (χ4v) is 6.30. The van der Waals surface area contributed by atoms with Crippen LogP contribution in [0.3, 0.4) is 0 Å². The zero-order valence-corrected chi connectivity index (χ0v) is 24.2. The molecular formula is C34H31FN6O3. The number of nitrogens with zero attached hydrogens (tertiary/aromatic N) is 5. The van der Waals surface area contributed by atoms with Gasteiger partial charge in [-0.2, -0.15) is 5.10 Å². The molecule has 0 radical (unpaired) electrons. The Kier molecular flexibility index (Phi) is 7.06. The molecule has 1 aliphatic heterocycles. The molecule has 1 atom stereocenters. The van der Waals surface area contributed by atoms with Gasteiger partial charge in [0.2, 0.25) is 0 Å². The number of aromatic hydroxyl groups is 1. The molecule has 3 N–H and O–H groups in total. The molecule has 0 aliphatic carbocycles. The summed E-state index contributed by atoms with van der Waals surface area (Å²) in [5.74, 6) is -0.325. The van der Waals surface area contributed by atoms with Crippen molar-refractivity contribution in [3.05, 3.63) is 101 Å². The van der Waals surface area contributed by atoms with Crippen molar-refractivity contribution >= 4 is 27.6 Å². The maximum absolute atomic E-state index is 14.3. The van der Waals surface area contributed by atoms with Crippen molar-refractivity contribution in [1.29, 1.82) is 0 Å². The Morgan fingerprint density at radius 2 is 1.77 bits per heavy atom. The number of phenolic OH excluding ortho intramolecular Hbond substituents is 1. The van der Waals surface area contributed by atoms with Crippen LogP contribution in [0.2, 0.25) is 0 Å². The number of fused-ring (bicyclic) bond motifs is 2. The highest BCUT2D eigenvalue weighted by Gasteiger charge is 2.27. The topological polar surface area (TPSA) is 123 Å². The highest BCUT2D eigenvalue weighted by atomic mass is 19.1. The third-order valence-electron chi connectivity index (χ3n) is 8.36. The van der Waals surface area contributed by atoms with E-state index in [9.17, 15) is 14.3 Å². The van der Waals surface area contributed by atoms with E-state index < -0.39 is 17.5 Å². The summed E-state index contributed by atoms with van der Waals surface area (Å²) in [5.41, 5.74) is 9.70. The summed E-state index contributed by atoms with van der Waals surface area (Å²) < 4.78 is 22.1. The molecule has 9 nitrogen and oxygen atoms in total. The van der Waals surface area contributed by atoms with E-state index in [1.165, 1.54) is 43.3 Å². The van der Waals surface area contributed by atoms with E-state index >= 15 is 0 Å². The Morgan fingerprint density at radius 3 is 2.57 bits per heavy atom. The van der Waals surface area contributed by atoms with Crippen molar-refractivity contribution in [2.24, 2.45) is 0 Å². The number of piperidine rings is 1. The van der Waals surface area contributed by atoms with Gasteiger partial charge in [-0.1, -0.05) is 42.8 Å². The van der Waals surface area contributed by atoms with Gasteiger partial charge in [-0.25, -0.2) is 23.8 Å². The summed E-state index contributed by atoms with van der Waals surface area (Å²) >= 11 is 0. The molecule has 6 aromatic rings. The highest BCUT2D eigenvalue weighted by Crippen LogP contribution is 2.39. The van der Waals surface area contributed by atoms with Crippen molar-refractivity contribution < 1.29 is 13.9 Å². The molecule has 0 amide bonds. The number of halogens is 1. The van der Waals surface area contributed by atoms with Crippen LogP contribution in [0.25, 0.3) is 44.2 Å². The molecule has 0 spiro atoms. The molecular weight excluding hydrogens is 559 g/mol. The number of hydrogen-bond donors (Lipinski definition) is 2. The molecule has 3 aromatic heterocycles. The second-order valence-corrected chi connectivity index (χ2v) is 11.3.